The lowest BCUT2D eigenvalue weighted by Crippen LogP contribution is -2.48. The number of hydrogen-bond acceptors (Lipinski definition) is 6. The van der Waals surface area contributed by atoms with E-state index in [9.17, 15) is 18.0 Å². The van der Waals surface area contributed by atoms with Gasteiger partial charge in [0.15, 0.2) is 0 Å². The molecule has 0 bridgehead atoms. The van der Waals surface area contributed by atoms with Crippen molar-refractivity contribution in [2.24, 2.45) is 5.92 Å². The molecule has 9 heteroatoms. The number of methoxy groups -OCH3 is 1. The maximum atomic E-state index is 12.5. The monoisotopic (exact) mass is 353 g/mol. The third kappa shape index (κ3) is 2.90. The number of rotatable bonds is 6. The molecular formula is C15H19N3O5S. The number of amides is 2. The van der Waals surface area contributed by atoms with E-state index in [4.69, 9.17) is 4.74 Å². The van der Waals surface area contributed by atoms with Crippen LogP contribution in [0.15, 0.2) is 23.1 Å². The molecule has 0 atom stereocenters. The number of fused-ring (bicyclic) bond motifs is 1. The summed E-state index contributed by atoms with van der Waals surface area (Å²) in [5.41, 5.74) is 0.317. The van der Waals surface area contributed by atoms with Gasteiger partial charge in [-0.2, -0.15) is 0 Å². The van der Waals surface area contributed by atoms with Crippen LogP contribution in [-0.4, -0.2) is 64.4 Å². The minimum Gasteiger partial charge on any atom is -0.383 e. The van der Waals surface area contributed by atoms with Crippen LogP contribution in [0.1, 0.15) is 20.7 Å². The summed E-state index contributed by atoms with van der Waals surface area (Å²) in [7, 11) is -2.50. The molecular weight excluding hydrogens is 334 g/mol. The number of nitrogens with zero attached hydrogens (tertiary/aromatic N) is 1. The van der Waals surface area contributed by atoms with Crippen molar-refractivity contribution in [1.29, 1.82) is 0 Å². The topological polar surface area (TPSA) is 105 Å². The molecule has 8 nitrogen and oxygen atoms in total. The molecule has 0 aliphatic carbocycles. The van der Waals surface area contributed by atoms with E-state index in [1.807, 2.05) is 0 Å². The molecule has 2 amide bonds. The van der Waals surface area contributed by atoms with Crippen molar-refractivity contribution in [3.8, 4) is 0 Å². The molecule has 2 heterocycles. The van der Waals surface area contributed by atoms with Gasteiger partial charge >= 0.3 is 0 Å². The quantitative estimate of drug-likeness (QED) is 0.709. The highest BCUT2D eigenvalue weighted by Gasteiger charge is 2.41. The van der Waals surface area contributed by atoms with Gasteiger partial charge in [-0.05, 0) is 18.2 Å². The SMILES string of the molecule is COCCN1C(=O)c2ccc(C(=O)NCC3CNC3)cc2S1(=O)=O. The van der Waals surface area contributed by atoms with Gasteiger partial charge in [0.1, 0.15) is 4.90 Å². The number of sulfonamides is 1. The Kier molecular flexibility index (Phi) is 4.57. The third-order valence-electron chi connectivity index (χ3n) is 4.18. The number of carbonyl (C=O) groups is 2. The molecule has 1 fully saturated rings. The average Bonchev–Trinajstić information content (AvgIpc) is 2.70. The minimum absolute atomic E-state index is 0.0530. The molecule has 2 aliphatic heterocycles. The van der Waals surface area contributed by atoms with Gasteiger partial charge in [-0.15, -0.1) is 0 Å². The Morgan fingerprint density at radius 3 is 2.79 bits per heavy atom. The Hall–Kier alpha value is -1.97. The maximum Gasteiger partial charge on any atom is 0.269 e. The first-order valence-electron chi connectivity index (χ1n) is 7.64. The number of ether oxygens (including phenoxy) is 1. The van der Waals surface area contributed by atoms with Gasteiger partial charge in [0.25, 0.3) is 21.8 Å². The van der Waals surface area contributed by atoms with Gasteiger partial charge in [0.05, 0.1) is 18.7 Å². The zero-order valence-electron chi connectivity index (χ0n) is 13.2. The Bertz CT molecular complexity index is 773. The van der Waals surface area contributed by atoms with Crippen molar-refractivity contribution in [1.82, 2.24) is 14.9 Å². The fraction of sp³-hybridized carbons (Fsp3) is 0.467. The van der Waals surface area contributed by atoms with E-state index in [2.05, 4.69) is 10.6 Å². The van der Waals surface area contributed by atoms with E-state index in [1.54, 1.807) is 0 Å². The van der Waals surface area contributed by atoms with Crippen molar-refractivity contribution in [2.45, 2.75) is 4.90 Å². The largest absolute Gasteiger partial charge is 0.383 e. The molecule has 0 unspecified atom stereocenters. The van der Waals surface area contributed by atoms with Crippen LogP contribution in [0.4, 0.5) is 0 Å². The standard InChI is InChI=1S/C15H19N3O5S/c1-23-5-4-18-15(20)12-3-2-11(6-13(12)24(18,21)22)14(19)17-9-10-7-16-8-10/h2-3,6,10,16H,4-5,7-9H2,1H3,(H,17,19). The van der Waals surface area contributed by atoms with Crippen LogP contribution in [0.3, 0.4) is 0 Å². The second kappa shape index (κ2) is 6.50. The first-order chi connectivity index (χ1) is 11.4. The molecule has 1 aromatic carbocycles. The van der Waals surface area contributed by atoms with E-state index in [0.717, 1.165) is 17.4 Å². The van der Waals surface area contributed by atoms with Gasteiger partial charge in [0, 0.05) is 38.2 Å². The van der Waals surface area contributed by atoms with Crippen molar-refractivity contribution in [2.75, 3.05) is 39.9 Å². The van der Waals surface area contributed by atoms with Crippen LogP contribution >= 0.6 is 0 Å². The van der Waals surface area contributed by atoms with Crippen molar-refractivity contribution >= 4 is 21.8 Å². The zero-order valence-corrected chi connectivity index (χ0v) is 14.1. The highest BCUT2D eigenvalue weighted by molar-refractivity contribution is 7.90. The Morgan fingerprint density at radius 2 is 2.17 bits per heavy atom. The predicted octanol–water partition coefficient (Wildman–Crippen LogP) is -0.573. The zero-order chi connectivity index (χ0) is 17.3. The Morgan fingerprint density at radius 1 is 1.42 bits per heavy atom. The van der Waals surface area contributed by atoms with Crippen molar-refractivity contribution in [3.63, 3.8) is 0 Å². The molecule has 0 saturated carbocycles. The van der Waals surface area contributed by atoms with E-state index in [-0.39, 0.29) is 35.1 Å². The summed E-state index contributed by atoms with van der Waals surface area (Å²) in [5, 5.41) is 5.90. The summed E-state index contributed by atoms with van der Waals surface area (Å²) in [6.45, 7) is 2.32. The average molecular weight is 353 g/mol. The lowest BCUT2D eigenvalue weighted by Gasteiger charge is -2.27. The Labute approximate surface area is 140 Å². The highest BCUT2D eigenvalue weighted by Crippen LogP contribution is 2.30. The van der Waals surface area contributed by atoms with E-state index >= 15 is 0 Å². The minimum atomic E-state index is -3.93. The second-order valence-corrected chi connectivity index (χ2v) is 7.65. The summed E-state index contributed by atoms with van der Waals surface area (Å²) in [6, 6.07) is 4.13. The maximum absolute atomic E-state index is 12.5. The van der Waals surface area contributed by atoms with E-state index in [0.29, 0.717) is 12.5 Å². The molecule has 2 N–H and O–H groups in total. The lowest BCUT2D eigenvalue weighted by atomic mass is 10.0. The van der Waals surface area contributed by atoms with E-state index < -0.39 is 15.9 Å². The summed E-state index contributed by atoms with van der Waals surface area (Å²) in [4.78, 5) is 24.3. The smallest absolute Gasteiger partial charge is 0.269 e. The lowest BCUT2D eigenvalue weighted by molar-refractivity contribution is 0.0835. The van der Waals surface area contributed by atoms with Crippen LogP contribution in [0.5, 0.6) is 0 Å². The van der Waals surface area contributed by atoms with Gasteiger partial charge < -0.3 is 15.4 Å². The van der Waals surface area contributed by atoms with Crippen molar-refractivity contribution in [3.05, 3.63) is 29.3 Å². The molecule has 0 aromatic heterocycles. The molecule has 24 heavy (non-hydrogen) atoms. The molecule has 130 valence electrons. The van der Waals surface area contributed by atoms with Gasteiger partial charge in [-0.3, -0.25) is 9.59 Å². The first-order valence-corrected chi connectivity index (χ1v) is 9.08. The fourth-order valence-electron chi connectivity index (χ4n) is 2.64. The van der Waals surface area contributed by atoms with Crippen molar-refractivity contribution < 1.29 is 22.7 Å². The van der Waals surface area contributed by atoms with Crippen LogP contribution in [0.2, 0.25) is 0 Å². The molecule has 0 spiro atoms. The highest BCUT2D eigenvalue weighted by atomic mass is 32.2. The molecule has 0 radical (unpaired) electrons. The number of carbonyl (C=O) groups excluding carboxylic acids is 2. The first kappa shape index (κ1) is 16.9. The van der Waals surface area contributed by atoms with Crippen LogP contribution in [-0.2, 0) is 14.8 Å². The second-order valence-electron chi connectivity index (χ2n) is 5.82. The third-order valence-corrected chi connectivity index (χ3v) is 6.01. The number of benzene rings is 1. The summed E-state index contributed by atoms with van der Waals surface area (Å²) < 4.78 is 30.6. The van der Waals surface area contributed by atoms with Crippen LogP contribution in [0.25, 0.3) is 0 Å². The van der Waals surface area contributed by atoms with Crippen LogP contribution in [0, 0.1) is 5.92 Å². The molecule has 1 saturated heterocycles. The Balaban J connectivity index is 1.81. The summed E-state index contributed by atoms with van der Waals surface area (Å²) in [6.07, 6.45) is 0. The summed E-state index contributed by atoms with van der Waals surface area (Å²) in [5.74, 6) is -0.532. The fourth-order valence-corrected chi connectivity index (χ4v) is 4.22. The van der Waals surface area contributed by atoms with Gasteiger partial charge in [-0.1, -0.05) is 0 Å². The van der Waals surface area contributed by atoms with Gasteiger partial charge in [-0.25, -0.2) is 12.7 Å². The predicted molar refractivity (Wildman–Crippen MR) is 85.2 cm³/mol. The molecule has 1 aromatic rings. The normalized spacial score (nSPS) is 19.0. The summed E-state index contributed by atoms with van der Waals surface area (Å²) >= 11 is 0. The molecule has 3 rings (SSSR count). The van der Waals surface area contributed by atoms with E-state index in [1.165, 1.54) is 25.3 Å². The van der Waals surface area contributed by atoms with Gasteiger partial charge in [0.2, 0.25) is 0 Å². The number of hydrogen-bond donors (Lipinski definition) is 2. The van der Waals surface area contributed by atoms with Crippen LogP contribution < -0.4 is 10.6 Å². The molecule has 2 aliphatic rings. The number of nitrogens with one attached hydrogen (secondary N) is 2.